The van der Waals surface area contributed by atoms with Crippen molar-refractivity contribution in [1.29, 1.82) is 0 Å². The zero-order chi connectivity index (χ0) is 11.4. The van der Waals surface area contributed by atoms with Crippen LogP contribution < -0.4 is 0 Å². The highest BCUT2D eigenvalue weighted by Gasteiger charge is 2.37. The number of aliphatic carboxylic acids is 1. The van der Waals surface area contributed by atoms with Crippen LogP contribution in [0.15, 0.2) is 10.2 Å². The Kier molecular flexibility index (Phi) is 4.26. The highest BCUT2D eigenvalue weighted by atomic mass is 19.4. The molecule has 0 aliphatic rings. The van der Waals surface area contributed by atoms with Gasteiger partial charge in [0.25, 0.3) is 0 Å². The summed E-state index contributed by atoms with van der Waals surface area (Å²) in [6.07, 6.45) is -5.93. The molecule has 0 aliphatic heterocycles. The first-order valence-electron chi connectivity index (χ1n) is 3.60. The number of hydrogen-bond donors (Lipinski definition) is 1. The molecule has 0 aromatic carbocycles. The standard InChI is InChI=1S/C7H9F3N2O2/c1-4(2)11-12-5(3-6(13)14)7(8,9)10/h3H2,1-2H3,(H,13,14)/b12-5+. The van der Waals surface area contributed by atoms with E-state index in [-0.39, 0.29) is 0 Å². The van der Waals surface area contributed by atoms with Crippen molar-refractivity contribution < 1.29 is 23.1 Å². The minimum absolute atomic E-state index is 0.317. The molecule has 0 fully saturated rings. The Bertz CT molecular complexity index is 277. The maximum Gasteiger partial charge on any atom is 0.431 e. The lowest BCUT2D eigenvalue weighted by Crippen LogP contribution is -2.25. The fourth-order valence-corrected chi connectivity index (χ4v) is 0.496. The lowest BCUT2D eigenvalue weighted by molar-refractivity contribution is -0.136. The number of nitrogens with zero attached hydrogens (tertiary/aromatic N) is 2. The minimum atomic E-state index is -4.75. The maximum atomic E-state index is 12.1. The van der Waals surface area contributed by atoms with Gasteiger partial charge < -0.3 is 5.11 Å². The summed E-state index contributed by atoms with van der Waals surface area (Å²) < 4.78 is 36.2. The second-order valence-electron chi connectivity index (χ2n) is 2.66. The quantitative estimate of drug-likeness (QED) is 0.570. The number of carboxylic acid groups (broad SMARTS) is 1. The molecular weight excluding hydrogens is 201 g/mol. The van der Waals surface area contributed by atoms with Crippen LogP contribution in [0.2, 0.25) is 0 Å². The van der Waals surface area contributed by atoms with Crippen LogP contribution in [0, 0.1) is 0 Å². The van der Waals surface area contributed by atoms with Crippen molar-refractivity contribution in [3.8, 4) is 0 Å². The van der Waals surface area contributed by atoms with E-state index in [4.69, 9.17) is 5.11 Å². The number of halogens is 3. The third-order valence-corrected chi connectivity index (χ3v) is 1.02. The van der Waals surface area contributed by atoms with E-state index in [1.165, 1.54) is 13.8 Å². The number of carboxylic acids is 1. The van der Waals surface area contributed by atoms with E-state index < -0.39 is 24.3 Å². The van der Waals surface area contributed by atoms with Crippen LogP contribution in [0.5, 0.6) is 0 Å². The highest BCUT2D eigenvalue weighted by molar-refractivity contribution is 6.01. The first-order valence-corrected chi connectivity index (χ1v) is 3.60. The van der Waals surface area contributed by atoms with Crippen LogP contribution >= 0.6 is 0 Å². The molecule has 0 aromatic rings. The normalized spacial score (nSPS) is 12.5. The average molecular weight is 210 g/mol. The third kappa shape index (κ3) is 5.28. The van der Waals surface area contributed by atoms with Gasteiger partial charge in [-0.1, -0.05) is 0 Å². The van der Waals surface area contributed by atoms with Gasteiger partial charge in [-0.2, -0.15) is 23.4 Å². The van der Waals surface area contributed by atoms with Crippen LogP contribution in [-0.4, -0.2) is 28.7 Å². The molecule has 0 atom stereocenters. The van der Waals surface area contributed by atoms with Crippen LogP contribution in [0.1, 0.15) is 20.3 Å². The average Bonchev–Trinajstić information content (AvgIpc) is 1.94. The molecule has 0 amide bonds. The molecule has 0 aromatic heterocycles. The molecular formula is C7H9F3N2O2. The summed E-state index contributed by atoms with van der Waals surface area (Å²) in [6, 6.07) is 0. The largest absolute Gasteiger partial charge is 0.481 e. The van der Waals surface area contributed by atoms with Crippen LogP contribution in [0.25, 0.3) is 0 Å². The summed E-state index contributed by atoms with van der Waals surface area (Å²) in [5.41, 5.74) is -1.09. The van der Waals surface area contributed by atoms with Crippen LogP contribution in [0.3, 0.4) is 0 Å². The molecule has 80 valence electrons. The number of rotatable bonds is 3. The molecule has 0 bridgehead atoms. The van der Waals surface area contributed by atoms with Gasteiger partial charge in [0.1, 0.15) is 0 Å². The molecule has 1 N–H and O–H groups in total. The molecule has 0 heterocycles. The Morgan fingerprint density at radius 3 is 2.07 bits per heavy atom. The van der Waals surface area contributed by atoms with Crippen molar-refractivity contribution in [1.82, 2.24) is 0 Å². The molecule has 4 nitrogen and oxygen atoms in total. The van der Waals surface area contributed by atoms with E-state index >= 15 is 0 Å². The van der Waals surface area contributed by atoms with Gasteiger partial charge in [0.15, 0.2) is 5.71 Å². The van der Waals surface area contributed by atoms with Crippen molar-refractivity contribution >= 4 is 17.4 Å². The highest BCUT2D eigenvalue weighted by Crippen LogP contribution is 2.19. The number of carbonyl (C=O) groups is 1. The lowest BCUT2D eigenvalue weighted by Gasteiger charge is -2.05. The Morgan fingerprint density at radius 1 is 1.29 bits per heavy atom. The Morgan fingerprint density at radius 2 is 1.79 bits per heavy atom. The molecule has 0 saturated heterocycles. The van der Waals surface area contributed by atoms with Crippen molar-refractivity contribution in [3.05, 3.63) is 0 Å². The maximum absolute atomic E-state index is 12.1. The summed E-state index contributed by atoms with van der Waals surface area (Å²) in [4.78, 5) is 10.1. The molecule has 0 aliphatic carbocycles. The van der Waals surface area contributed by atoms with E-state index in [0.717, 1.165) is 0 Å². The Balaban J connectivity index is 4.82. The first-order chi connectivity index (χ1) is 6.23. The van der Waals surface area contributed by atoms with Crippen molar-refractivity contribution in [2.75, 3.05) is 0 Å². The monoisotopic (exact) mass is 210 g/mol. The van der Waals surface area contributed by atoms with Gasteiger partial charge in [-0.15, -0.1) is 0 Å². The van der Waals surface area contributed by atoms with E-state index in [1.807, 2.05) is 0 Å². The lowest BCUT2D eigenvalue weighted by atomic mass is 10.2. The Labute approximate surface area is 78.1 Å². The zero-order valence-corrected chi connectivity index (χ0v) is 7.59. The van der Waals surface area contributed by atoms with Gasteiger partial charge in [0.2, 0.25) is 0 Å². The van der Waals surface area contributed by atoms with Gasteiger partial charge in [0.05, 0.1) is 6.42 Å². The van der Waals surface area contributed by atoms with Crippen molar-refractivity contribution in [3.63, 3.8) is 0 Å². The summed E-state index contributed by atoms with van der Waals surface area (Å²) >= 11 is 0. The SMILES string of the molecule is CC(C)=N/N=C(\CC(=O)O)C(F)(F)F. The molecule has 0 spiro atoms. The van der Waals surface area contributed by atoms with E-state index in [0.29, 0.717) is 5.71 Å². The fourth-order valence-electron chi connectivity index (χ4n) is 0.496. The first kappa shape index (κ1) is 12.6. The molecule has 7 heteroatoms. The predicted molar refractivity (Wildman–Crippen MR) is 44.5 cm³/mol. The Hall–Kier alpha value is -1.40. The van der Waals surface area contributed by atoms with Gasteiger partial charge >= 0.3 is 12.1 Å². The van der Waals surface area contributed by atoms with Gasteiger partial charge in [-0.3, -0.25) is 4.79 Å². The minimum Gasteiger partial charge on any atom is -0.481 e. The zero-order valence-electron chi connectivity index (χ0n) is 7.59. The van der Waals surface area contributed by atoms with Gasteiger partial charge in [0, 0.05) is 5.71 Å². The number of hydrogen-bond acceptors (Lipinski definition) is 3. The summed E-state index contributed by atoms with van der Waals surface area (Å²) in [6.45, 7) is 2.91. The predicted octanol–water partition coefficient (Wildman–Crippen LogP) is 1.86. The van der Waals surface area contributed by atoms with Crippen LogP contribution in [0.4, 0.5) is 13.2 Å². The van der Waals surface area contributed by atoms with E-state index in [9.17, 15) is 18.0 Å². The number of alkyl halides is 3. The summed E-state index contributed by atoms with van der Waals surface area (Å²) in [5.74, 6) is -1.59. The molecule has 14 heavy (non-hydrogen) atoms. The van der Waals surface area contributed by atoms with Crippen molar-refractivity contribution in [2.45, 2.75) is 26.4 Å². The summed E-state index contributed by atoms with van der Waals surface area (Å²) in [7, 11) is 0. The topological polar surface area (TPSA) is 62.0 Å². The third-order valence-electron chi connectivity index (χ3n) is 1.02. The van der Waals surface area contributed by atoms with Crippen LogP contribution in [-0.2, 0) is 4.79 Å². The van der Waals surface area contributed by atoms with E-state index in [2.05, 4.69) is 10.2 Å². The molecule has 0 unspecified atom stereocenters. The second kappa shape index (κ2) is 4.73. The molecule has 0 saturated carbocycles. The van der Waals surface area contributed by atoms with Crippen molar-refractivity contribution in [2.24, 2.45) is 10.2 Å². The fraction of sp³-hybridized carbons (Fsp3) is 0.571. The van der Waals surface area contributed by atoms with Gasteiger partial charge in [-0.05, 0) is 13.8 Å². The smallest absolute Gasteiger partial charge is 0.431 e. The molecule has 0 radical (unpaired) electrons. The second-order valence-corrected chi connectivity index (χ2v) is 2.66. The van der Waals surface area contributed by atoms with E-state index in [1.54, 1.807) is 0 Å². The molecule has 0 rings (SSSR count). The van der Waals surface area contributed by atoms with Gasteiger partial charge in [-0.25, -0.2) is 0 Å². The summed E-state index contributed by atoms with van der Waals surface area (Å²) in [5, 5.41) is 14.2.